The lowest BCUT2D eigenvalue weighted by atomic mass is 10.1. The highest BCUT2D eigenvalue weighted by Crippen LogP contribution is 2.19. The first-order valence-corrected chi connectivity index (χ1v) is 7.75. The minimum absolute atomic E-state index is 0. The van der Waals surface area contributed by atoms with Crippen LogP contribution in [-0.2, 0) is 4.79 Å². The van der Waals surface area contributed by atoms with Crippen molar-refractivity contribution in [1.29, 1.82) is 0 Å². The Balaban J connectivity index is 0.00000242. The van der Waals surface area contributed by atoms with Gasteiger partial charge in [0.1, 0.15) is 5.75 Å². The number of aryl methyl sites for hydroxylation is 2. The van der Waals surface area contributed by atoms with Crippen molar-refractivity contribution in [2.24, 2.45) is 0 Å². The largest absolute Gasteiger partial charge is 0.493 e. The Labute approximate surface area is 139 Å². The third-order valence-electron chi connectivity index (χ3n) is 4.16. The van der Waals surface area contributed by atoms with E-state index in [-0.39, 0.29) is 18.3 Å². The summed E-state index contributed by atoms with van der Waals surface area (Å²) in [6, 6.07) is 6.67. The number of likely N-dealkylation sites (tertiary alicyclic amines) is 1. The maximum Gasteiger partial charge on any atom is 0.225 e. The first-order chi connectivity index (χ1) is 10.1. The predicted molar refractivity (Wildman–Crippen MR) is 91.9 cm³/mol. The van der Waals surface area contributed by atoms with Gasteiger partial charge in [-0.05, 0) is 45.4 Å². The highest BCUT2D eigenvalue weighted by Gasteiger charge is 2.21. The van der Waals surface area contributed by atoms with Gasteiger partial charge in [-0.3, -0.25) is 4.79 Å². The molecule has 124 valence electrons. The van der Waals surface area contributed by atoms with Crippen LogP contribution < -0.4 is 10.1 Å². The van der Waals surface area contributed by atoms with Crippen molar-refractivity contribution in [1.82, 2.24) is 10.2 Å². The number of nitrogens with zero attached hydrogens (tertiary/aromatic N) is 1. The number of nitrogens with one attached hydrogen (secondary N) is 1. The number of piperidine rings is 1. The van der Waals surface area contributed by atoms with Crippen LogP contribution in [0, 0.1) is 13.8 Å². The van der Waals surface area contributed by atoms with Gasteiger partial charge in [0.25, 0.3) is 0 Å². The third-order valence-corrected chi connectivity index (χ3v) is 4.16. The fraction of sp³-hybridized carbons (Fsp3) is 0.588. The molecule has 0 radical (unpaired) electrons. The number of hydrogen-bond acceptors (Lipinski definition) is 3. The van der Waals surface area contributed by atoms with E-state index in [0.717, 1.165) is 37.2 Å². The van der Waals surface area contributed by atoms with E-state index in [4.69, 9.17) is 4.74 Å². The van der Waals surface area contributed by atoms with Crippen LogP contribution in [0.3, 0.4) is 0 Å². The summed E-state index contributed by atoms with van der Waals surface area (Å²) in [6.45, 7) is 6.26. The van der Waals surface area contributed by atoms with Gasteiger partial charge < -0.3 is 15.0 Å². The van der Waals surface area contributed by atoms with Crippen molar-refractivity contribution in [3.05, 3.63) is 29.3 Å². The zero-order chi connectivity index (χ0) is 15.2. The summed E-state index contributed by atoms with van der Waals surface area (Å²) in [5, 5.41) is 3.28. The lowest BCUT2D eigenvalue weighted by molar-refractivity contribution is -0.132. The van der Waals surface area contributed by atoms with E-state index in [2.05, 4.69) is 18.3 Å². The van der Waals surface area contributed by atoms with Crippen molar-refractivity contribution < 1.29 is 9.53 Å². The maximum absolute atomic E-state index is 12.1. The molecular formula is C17H27ClN2O2. The van der Waals surface area contributed by atoms with Gasteiger partial charge in [-0.2, -0.15) is 0 Å². The summed E-state index contributed by atoms with van der Waals surface area (Å²) in [4.78, 5) is 14.1. The number of rotatable bonds is 5. The minimum atomic E-state index is 0. The molecule has 0 aliphatic carbocycles. The van der Waals surface area contributed by atoms with Crippen LogP contribution in [0.5, 0.6) is 5.75 Å². The highest BCUT2D eigenvalue weighted by atomic mass is 35.5. The molecule has 0 saturated carbocycles. The Morgan fingerprint density at radius 3 is 2.59 bits per heavy atom. The van der Waals surface area contributed by atoms with E-state index < -0.39 is 0 Å². The summed E-state index contributed by atoms with van der Waals surface area (Å²) in [6.07, 6.45) is 2.54. The average molecular weight is 327 g/mol. The molecule has 2 rings (SSSR count). The van der Waals surface area contributed by atoms with Crippen molar-refractivity contribution in [3.63, 3.8) is 0 Å². The molecule has 1 aliphatic heterocycles. The first kappa shape index (κ1) is 18.8. The van der Waals surface area contributed by atoms with Gasteiger partial charge in [-0.1, -0.05) is 17.7 Å². The molecule has 5 heteroatoms. The molecule has 1 amide bonds. The summed E-state index contributed by atoms with van der Waals surface area (Å²) in [7, 11) is 1.99. The summed E-state index contributed by atoms with van der Waals surface area (Å²) in [5.74, 6) is 1.08. The average Bonchev–Trinajstić information content (AvgIpc) is 2.49. The number of hydrogen-bond donors (Lipinski definition) is 1. The number of halogens is 1. The fourth-order valence-electron chi connectivity index (χ4n) is 2.79. The van der Waals surface area contributed by atoms with Gasteiger partial charge in [0, 0.05) is 19.1 Å². The van der Waals surface area contributed by atoms with Crippen LogP contribution in [0.2, 0.25) is 0 Å². The predicted octanol–water partition coefficient (Wildman–Crippen LogP) is 2.70. The molecule has 0 spiro atoms. The standard InChI is InChI=1S/C17H26N2O2.ClH/c1-13-4-5-16(14(2)12-13)21-11-8-17(20)19-9-6-15(18-3)7-10-19;/h4-5,12,15,18H,6-11H2,1-3H3;1H. The monoisotopic (exact) mass is 326 g/mol. The summed E-state index contributed by atoms with van der Waals surface area (Å²) in [5.41, 5.74) is 2.35. The second-order valence-corrected chi connectivity index (χ2v) is 5.81. The summed E-state index contributed by atoms with van der Waals surface area (Å²) < 4.78 is 5.74. The van der Waals surface area contributed by atoms with Crippen LogP contribution in [0.4, 0.5) is 0 Å². The van der Waals surface area contributed by atoms with Crippen molar-refractivity contribution in [2.75, 3.05) is 26.7 Å². The SMILES string of the molecule is CNC1CCN(C(=O)CCOc2ccc(C)cc2C)CC1.Cl. The van der Waals surface area contributed by atoms with Crippen molar-refractivity contribution >= 4 is 18.3 Å². The zero-order valence-corrected chi connectivity index (χ0v) is 14.5. The smallest absolute Gasteiger partial charge is 0.225 e. The second-order valence-electron chi connectivity index (χ2n) is 5.81. The number of benzene rings is 1. The van der Waals surface area contributed by atoms with E-state index in [1.165, 1.54) is 5.56 Å². The first-order valence-electron chi connectivity index (χ1n) is 7.75. The molecule has 22 heavy (non-hydrogen) atoms. The van der Waals surface area contributed by atoms with Crippen molar-refractivity contribution in [3.8, 4) is 5.75 Å². The topological polar surface area (TPSA) is 41.6 Å². The molecule has 1 N–H and O–H groups in total. The zero-order valence-electron chi connectivity index (χ0n) is 13.7. The van der Waals surface area contributed by atoms with Gasteiger partial charge in [0.15, 0.2) is 0 Å². The van der Waals surface area contributed by atoms with Crippen LogP contribution in [-0.4, -0.2) is 43.6 Å². The van der Waals surface area contributed by atoms with Gasteiger partial charge in [-0.15, -0.1) is 12.4 Å². The Bertz CT molecular complexity index is 486. The Morgan fingerprint density at radius 2 is 2.00 bits per heavy atom. The van der Waals surface area contributed by atoms with Gasteiger partial charge in [0.2, 0.25) is 5.91 Å². The second kappa shape index (κ2) is 9.01. The van der Waals surface area contributed by atoms with E-state index in [1.807, 2.05) is 31.0 Å². The molecule has 0 aromatic heterocycles. The molecule has 1 saturated heterocycles. The lowest BCUT2D eigenvalue weighted by Crippen LogP contribution is -2.44. The Morgan fingerprint density at radius 1 is 1.32 bits per heavy atom. The van der Waals surface area contributed by atoms with Crippen molar-refractivity contribution in [2.45, 2.75) is 39.2 Å². The molecule has 0 bridgehead atoms. The molecule has 0 atom stereocenters. The minimum Gasteiger partial charge on any atom is -0.493 e. The van der Waals surface area contributed by atoms with Crippen LogP contribution in [0.15, 0.2) is 18.2 Å². The molecule has 0 unspecified atom stereocenters. The molecular weight excluding hydrogens is 300 g/mol. The Kier molecular flexibility index (Phi) is 7.69. The van der Waals surface area contributed by atoms with Gasteiger partial charge >= 0.3 is 0 Å². The third kappa shape index (κ3) is 5.18. The van der Waals surface area contributed by atoms with Crippen LogP contribution in [0.1, 0.15) is 30.4 Å². The van der Waals surface area contributed by atoms with E-state index >= 15 is 0 Å². The molecule has 1 aliphatic rings. The normalized spacial score (nSPS) is 15.3. The molecule has 4 nitrogen and oxygen atoms in total. The molecule has 1 aromatic rings. The summed E-state index contributed by atoms with van der Waals surface area (Å²) >= 11 is 0. The molecule has 1 aromatic carbocycles. The molecule has 1 fully saturated rings. The van der Waals surface area contributed by atoms with E-state index in [9.17, 15) is 4.79 Å². The number of ether oxygens (including phenoxy) is 1. The van der Waals surface area contributed by atoms with Crippen LogP contribution >= 0.6 is 12.4 Å². The lowest BCUT2D eigenvalue weighted by Gasteiger charge is -2.31. The number of carbonyl (C=O) groups is 1. The molecule has 1 heterocycles. The van der Waals surface area contributed by atoms with E-state index in [1.54, 1.807) is 0 Å². The van der Waals surface area contributed by atoms with Crippen LogP contribution in [0.25, 0.3) is 0 Å². The van der Waals surface area contributed by atoms with Gasteiger partial charge in [-0.25, -0.2) is 0 Å². The quantitative estimate of drug-likeness (QED) is 0.904. The fourth-order valence-corrected chi connectivity index (χ4v) is 2.79. The number of carbonyl (C=O) groups excluding carboxylic acids is 1. The van der Waals surface area contributed by atoms with Gasteiger partial charge in [0.05, 0.1) is 13.0 Å². The number of amides is 1. The van der Waals surface area contributed by atoms with E-state index in [0.29, 0.717) is 19.1 Å². The highest BCUT2D eigenvalue weighted by molar-refractivity contribution is 5.85. The Hall–Kier alpha value is -1.26. The maximum atomic E-state index is 12.1.